The lowest BCUT2D eigenvalue weighted by atomic mass is 9.94. The molecule has 1 unspecified atom stereocenters. The molecule has 7 nitrogen and oxygen atoms in total. The van der Waals surface area contributed by atoms with Gasteiger partial charge in [-0.1, -0.05) is 6.07 Å². The van der Waals surface area contributed by atoms with E-state index in [1.165, 1.54) is 0 Å². The molecule has 0 saturated carbocycles. The fourth-order valence-electron chi connectivity index (χ4n) is 5.29. The van der Waals surface area contributed by atoms with E-state index in [2.05, 4.69) is 4.90 Å². The van der Waals surface area contributed by atoms with Gasteiger partial charge in [-0.15, -0.1) is 0 Å². The number of piperidine rings is 1. The van der Waals surface area contributed by atoms with Crippen LogP contribution in [0.1, 0.15) is 67.5 Å². The number of esters is 2. The minimum atomic E-state index is -1.13. The lowest BCUT2D eigenvalue weighted by Gasteiger charge is -2.33. The second-order valence-corrected chi connectivity index (χ2v) is 10.9. The topological polar surface area (TPSA) is 99.1 Å². The first-order valence-corrected chi connectivity index (χ1v) is 13.0. The molecule has 1 saturated heterocycles. The molecule has 180 valence electrons. The van der Waals surface area contributed by atoms with Gasteiger partial charge in [0.25, 0.3) is 0 Å². The summed E-state index contributed by atoms with van der Waals surface area (Å²) in [4.78, 5) is 26.6. The van der Waals surface area contributed by atoms with Crippen LogP contribution in [0.3, 0.4) is 0 Å². The Labute approximate surface area is 202 Å². The van der Waals surface area contributed by atoms with Gasteiger partial charge in [-0.05, 0) is 80.3 Å². The van der Waals surface area contributed by atoms with E-state index in [4.69, 9.17) is 9.47 Å². The van der Waals surface area contributed by atoms with Crippen molar-refractivity contribution in [2.24, 2.45) is 5.92 Å². The predicted octanol–water partition coefficient (Wildman–Crippen LogP) is 3.20. The molecule has 1 N–H and O–H groups in total. The summed E-state index contributed by atoms with van der Waals surface area (Å²) in [5.74, 6) is 0.352. The quantitative estimate of drug-likeness (QED) is 0.498. The molecule has 8 heteroatoms. The molecule has 0 radical (unpaired) electrons. The van der Waals surface area contributed by atoms with Gasteiger partial charge >= 0.3 is 11.9 Å². The third-order valence-corrected chi connectivity index (χ3v) is 9.16. The zero-order chi connectivity index (χ0) is 24.0. The number of carbonyl (C=O) groups is 2. The maximum absolute atomic E-state index is 13.1. The van der Waals surface area contributed by atoms with Gasteiger partial charge < -0.3 is 24.0 Å². The molecule has 2 atom stereocenters. The molecular formula is C26H29NO6S. The summed E-state index contributed by atoms with van der Waals surface area (Å²) in [6.45, 7) is 6.61. The number of aliphatic hydroxyl groups is 1. The molecule has 5 rings (SSSR count). The Morgan fingerprint density at radius 3 is 2.24 bits per heavy atom. The third kappa shape index (κ3) is 4.24. The van der Waals surface area contributed by atoms with E-state index in [9.17, 15) is 19.2 Å². The van der Waals surface area contributed by atoms with Gasteiger partial charge in [-0.25, -0.2) is 9.59 Å². The smallest absolute Gasteiger partial charge is 0.338 e. The Bertz CT molecular complexity index is 1050. The maximum Gasteiger partial charge on any atom is 0.338 e. The Hall–Kier alpha value is -2.39. The van der Waals surface area contributed by atoms with Crippen LogP contribution in [0.5, 0.6) is 0 Å². The second-order valence-electron chi connectivity index (χ2n) is 9.44. The molecule has 1 fully saturated rings. The van der Waals surface area contributed by atoms with Crippen molar-refractivity contribution in [1.29, 1.82) is 0 Å². The highest BCUT2D eigenvalue weighted by molar-refractivity contribution is 7.91. The number of benzene rings is 2. The average Bonchev–Trinajstić information content (AvgIpc) is 3.39. The highest BCUT2D eigenvalue weighted by Gasteiger charge is 2.31. The van der Waals surface area contributed by atoms with Crippen molar-refractivity contribution in [3.8, 4) is 0 Å². The first-order chi connectivity index (χ1) is 16.3. The number of nitrogens with zero attached hydrogens (tertiary/aromatic N) is 1. The van der Waals surface area contributed by atoms with Crippen molar-refractivity contribution in [2.45, 2.75) is 50.9 Å². The highest BCUT2D eigenvalue weighted by Crippen LogP contribution is 2.32. The van der Waals surface area contributed by atoms with Crippen LogP contribution in [0.15, 0.2) is 29.2 Å². The van der Waals surface area contributed by atoms with Gasteiger partial charge in [0.2, 0.25) is 0 Å². The monoisotopic (exact) mass is 483 g/mol. The van der Waals surface area contributed by atoms with E-state index in [1.54, 1.807) is 18.2 Å². The van der Waals surface area contributed by atoms with Crippen LogP contribution in [0.2, 0.25) is 0 Å². The van der Waals surface area contributed by atoms with Crippen LogP contribution in [0.4, 0.5) is 0 Å². The summed E-state index contributed by atoms with van der Waals surface area (Å²) >= 11 is -1.13. The van der Waals surface area contributed by atoms with Gasteiger partial charge in [0.15, 0.2) is 4.90 Å². The van der Waals surface area contributed by atoms with E-state index in [0.717, 1.165) is 58.6 Å². The standard InChI is InChI=1S/C26H29NO6S/c1-15-18(3-4-19-21(15)12-32-25(19)29)23(28)11-27-9-7-17(8-10-27)14-34(31)24-6-5-20-22(16(24)2)13-33-26(20)30/h3-6,17,23,28H,7-14H2,1-2H3/t23-,34?/m1/s1. The lowest BCUT2D eigenvalue weighted by molar-refractivity contribution is 0.0525. The maximum atomic E-state index is 13.1. The minimum absolute atomic E-state index is 0.263. The van der Waals surface area contributed by atoms with Crippen LogP contribution in [-0.2, 0) is 33.9 Å². The van der Waals surface area contributed by atoms with E-state index < -0.39 is 17.3 Å². The Kier molecular flexibility index (Phi) is 6.41. The molecule has 0 spiro atoms. The van der Waals surface area contributed by atoms with Gasteiger partial charge in [-0.2, -0.15) is 0 Å². The molecule has 0 aliphatic carbocycles. The van der Waals surface area contributed by atoms with Crippen LogP contribution in [-0.4, -0.2) is 51.9 Å². The molecule has 3 aliphatic rings. The first kappa shape index (κ1) is 23.4. The Morgan fingerprint density at radius 1 is 1.00 bits per heavy atom. The van der Waals surface area contributed by atoms with Crippen molar-refractivity contribution < 1.29 is 28.7 Å². The number of hydrogen-bond acceptors (Lipinski definition) is 7. The number of carbonyl (C=O) groups excluding carboxylic acids is 2. The van der Waals surface area contributed by atoms with Crippen LogP contribution >= 0.6 is 0 Å². The molecule has 34 heavy (non-hydrogen) atoms. The number of likely N-dealkylation sites (tertiary alicyclic amines) is 1. The molecule has 0 aromatic heterocycles. The van der Waals surface area contributed by atoms with Crippen LogP contribution in [0.25, 0.3) is 0 Å². The lowest BCUT2D eigenvalue weighted by Crippen LogP contribution is -2.38. The summed E-state index contributed by atoms with van der Waals surface area (Å²) in [6, 6.07) is 7.12. The van der Waals surface area contributed by atoms with Gasteiger partial charge in [0, 0.05) is 29.2 Å². The van der Waals surface area contributed by atoms with Crippen LogP contribution < -0.4 is 0 Å². The zero-order valence-electron chi connectivity index (χ0n) is 19.5. The van der Waals surface area contributed by atoms with E-state index in [1.807, 2.05) is 19.9 Å². The predicted molar refractivity (Wildman–Crippen MR) is 126 cm³/mol. The van der Waals surface area contributed by atoms with Crippen LogP contribution in [0, 0.1) is 19.8 Å². The highest BCUT2D eigenvalue weighted by atomic mass is 32.2. The number of rotatable bonds is 6. The van der Waals surface area contributed by atoms with Gasteiger partial charge in [0.05, 0.1) is 17.2 Å². The fourth-order valence-corrected chi connectivity index (χ4v) is 6.91. The van der Waals surface area contributed by atoms with Crippen molar-refractivity contribution in [3.63, 3.8) is 0 Å². The van der Waals surface area contributed by atoms with Gasteiger partial charge in [-0.3, -0.25) is 0 Å². The van der Waals surface area contributed by atoms with E-state index in [0.29, 0.717) is 29.3 Å². The van der Waals surface area contributed by atoms with Crippen molar-refractivity contribution in [1.82, 2.24) is 4.90 Å². The normalized spacial score (nSPS) is 20.0. The molecule has 2 aromatic carbocycles. The summed E-state index contributed by atoms with van der Waals surface area (Å²) < 4.78 is 23.3. The number of fused-ring (bicyclic) bond motifs is 2. The molecule has 3 aliphatic heterocycles. The molecule has 3 heterocycles. The summed E-state index contributed by atoms with van der Waals surface area (Å²) in [5, 5.41) is 10.9. The number of β-amino-alcohol motifs (C(OH)–C–C–N with tert-alkyl or cyclic N) is 1. The Morgan fingerprint density at radius 2 is 1.59 bits per heavy atom. The average molecular weight is 484 g/mol. The van der Waals surface area contributed by atoms with Gasteiger partial charge in [0.1, 0.15) is 19.0 Å². The van der Waals surface area contributed by atoms with Crippen molar-refractivity contribution in [2.75, 3.05) is 25.4 Å². The number of hydrogen-bond donors (Lipinski definition) is 1. The second kappa shape index (κ2) is 9.34. The Balaban J connectivity index is 1.16. The number of ether oxygens (including phenoxy) is 2. The van der Waals surface area contributed by atoms with Crippen molar-refractivity contribution in [3.05, 3.63) is 63.2 Å². The third-order valence-electron chi connectivity index (χ3n) is 7.45. The van der Waals surface area contributed by atoms with Crippen molar-refractivity contribution >= 4 is 23.1 Å². The molecule has 0 bridgehead atoms. The molecule has 0 amide bonds. The molecule has 2 aromatic rings. The minimum Gasteiger partial charge on any atom is -0.611 e. The van der Waals surface area contributed by atoms with E-state index >= 15 is 0 Å². The summed E-state index contributed by atoms with van der Waals surface area (Å²) in [6.07, 6.45) is 1.22. The van der Waals surface area contributed by atoms with E-state index in [-0.39, 0.29) is 25.2 Å². The fraction of sp³-hybridized carbons (Fsp3) is 0.462. The molecular weight excluding hydrogens is 454 g/mol. The summed E-state index contributed by atoms with van der Waals surface area (Å²) in [7, 11) is 0. The first-order valence-electron chi connectivity index (χ1n) is 11.7. The zero-order valence-corrected chi connectivity index (χ0v) is 20.3. The SMILES string of the molecule is Cc1c([C@H](O)CN2CCC(C[S+]([O-])c3ccc4c(c3C)COC4=O)CC2)ccc2c1COC2=O. The largest absolute Gasteiger partial charge is 0.611 e. The number of cyclic esters (lactones) is 2. The summed E-state index contributed by atoms with van der Waals surface area (Å²) in [5.41, 5.74) is 5.59. The number of aliphatic hydroxyl groups excluding tert-OH is 1.